The predicted octanol–water partition coefficient (Wildman–Crippen LogP) is 3.42. The average molecular weight is 374 g/mol. The van der Waals surface area contributed by atoms with Crippen LogP contribution in [0.2, 0.25) is 0 Å². The van der Waals surface area contributed by atoms with E-state index >= 15 is 0 Å². The van der Waals surface area contributed by atoms with Gasteiger partial charge in [0.1, 0.15) is 0 Å². The van der Waals surface area contributed by atoms with E-state index in [-0.39, 0.29) is 23.7 Å². The maximum atomic E-state index is 12.7. The minimum atomic E-state index is -0.178. The van der Waals surface area contributed by atoms with Gasteiger partial charge < -0.3 is 10.1 Å². The fourth-order valence-corrected chi connectivity index (χ4v) is 3.71. The number of fused-ring (bicyclic) bond motifs is 1. The van der Waals surface area contributed by atoms with Crippen LogP contribution in [0, 0.1) is 5.92 Å². The van der Waals surface area contributed by atoms with E-state index in [2.05, 4.69) is 16.4 Å². The van der Waals surface area contributed by atoms with Gasteiger partial charge >= 0.3 is 0 Å². The Morgan fingerprint density at radius 3 is 2.75 bits per heavy atom. The highest BCUT2D eigenvalue weighted by Crippen LogP contribution is 2.24. The summed E-state index contributed by atoms with van der Waals surface area (Å²) in [5.74, 6) is -0.0461. The van der Waals surface area contributed by atoms with Crippen LogP contribution in [-0.4, -0.2) is 35.9 Å². The summed E-state index contributed by atoms with van der Waals surface area (Å²) in [5.41, 5.74) is 3.21. The van der Waals surface area contributed by atoms with Gasteiger partial charge in [0.25, 0.3) is 5.91 Å². The van der Waals surface area contributed by atoms with Crippen molar-refractivity contribution in [1.29, 1.82) is 0 Å². The first-order valence-electron chi connectivity index (χ1n) is 9.44. The number of para-hydroxylation sites is 1. The zero-order chi connectivity index (χ0) is 19.5. The number of carbonyl (C=O) groups is 2. The Labute approximate surface area is 163 Å². The molecule has 0 saturated carbocycles. The number of hydrogen-bond donors (Lipinski definition) is 1. The zero-order valence-electron chi connectivity index (χ0n) is 15.7. The van der Waals surface area contributed by atoms with E-state index in [1.807, 2.05) is 30.5 Å². The molecule has 28 heavy (non-hydrogen) atoms. The van der Waals surface area contributed by atoms with E-state index < -0.39 is 0 Å². The third kappa shape index (κ3) is 3.80. The molecule has 0 unspecified atom stereocenters. The van der Waals surface area contributed by atoms with Gasteiger partial charge in [-0.3, -0.25) is 14.6 Å². The van der Waals surface area contributed by atoms with Crippen LogP contribution in [0.1, 0.15) is 33.2 Å². The largest absolute Gasteiger partial charge is 0.379 e. The molecule has 1 amide bonds. The first-order valence-corrected chi connectivity index (χ1v) is 9.44. The lowest BCUT2D eigenvalue weighted by Crippen LogP contribution is -2.40. The van der Waals surface area contributed by atoms with Crippen molar-refractivity contribution >= 4 is 22.6 Å². The van der Waals surface area contributed by atoms with Crippen LogP contribution in [0.15, 0.2) is 60.8 Å². The summed E-state index contributed by atoms with van der Waals surface area (Å²) >= 11 is 0. The Bertz CT molecular complexity index is 1030. The Morgan fingerprint density at radius 2 is 1.89 bits per heavy atom. The van der Waals surface area contributed by atoms with Crippen LogP contribution in [0.25, 0.3) is 10.9 Å². The lowest BCUT2D eigenvalue weighted by molar-refractivity contribution is 0.0925. The number of carbonyl (C=O) groups excluding carboxylic acids is 2. The van der Waals surface area contributed by atoms with Gasteiger partial charge in [-0.25, -0.2) is 0 Å². The molecule has 1 N–H and O–H groups in total. The molecule has 142 valence electrons. The molecular formula is C23H22N2O3. The van der Waals surface area contributed by atoms with Crippen molar-refractivity contribution in [3.05, 3.63) is 77.5 Å². The van der Waals surface area contributed by atoms with E-state index in [0.717, 1.165) is 17.3 Å². The number of pyridine rings is 1. The molecule has 1 fully saturated rings. The normalized spacial score (nSPS) is 18.9. The van der Waals surface area contributed by atoms with E-state index in [4.69, 9.17) is 4.74 Å². The summed E-state index contributed by atoms with van der Waals surface area (Å²) < 4.78 is 5.67. The molecular weight excluding hydrogens is 352 g/mol. The molecule has 5 heteroatoms. The SMILES string of the molecule is CC(=O)c1cccc(C(=O)N[C@H]2COC[C@H]2Cc2ccnc3ccccc23)c1. The highest BCUT2D eigenvalue weighted by molar-refractivity contribution is 5.99. The Hall–Kier alpha value is -3.05. The number of Topliss-reactive ketones (excluding diaryl/α,β-unsaturated/α-hetero) is 1. The monoisotopic (exact) mass is 374 g/mol. The van der Waals surface area contributed by atoms with E-state index in [0.29, 0.717) is 24.3 Å². The Balaban J connectivity index is 1.50. The van der Waals surface area contributed by atoms with Gasteiger partial charge in [-0.05, 0) is 43.2 Å². The quantitative estimate of drug-likeness (QED) is 0.695. The number of nitrogens with zero attached hydrogens (tertiary/aromatic N) is 1. The summed E-state index contributed by atoms with van der Waals surface area (Å²) in [6.45, 7) is 2.60. The second-order valence-electron chi connectivity index (χ2n) is 7.21. The number of ketones is 1. The predicted molar refractivity (Wildman–Crippen MR) is 107 cm³/mol. The number of aromatic nitrogens is 1. The van der Waals surface area contributed by atoms with Gasteiger partial charge in [0.2, 0.25) is 0 Å². The van der Waals surface area contributed by atoms with E-state index in [1.54, 1.807) is 24.3 Å². The summed E-state index contributed by atoms with van der Waals surface area (Å²) in [6.07, 6.45) is 2.63. The third-order valence-electron chi connectivity index (χ3n) is 5.27. The topological polar surface area (TPSA) is 68.3 Å². The average Bonchev–Trinajstić information content (AvgIpc) is 3.15. The number of hydrogen-bond acceptors (Lipinski definition) is 4. The lowest BCUT2D eigenvalue weighted by atomic mass is 9.93. The maximum absolute atomic E-state index is 12.7. The van der Waals surface area contributed by atoms with Crippen molar-refractivity contribution in [2.45, 2.75) is 19.4 Å². The molecule has 0 radical (unpaired) electrons. The molecule has 4 rings (SSSR count). The van der Waals surface area contributed by atoms with Crippen molar-refractivity contribution in [2.24, 2.45) is 5.92 Å². The fraction of sp³-hybridized carbons (Fsp3) is 0.261. The molecule has 3 aromatic rings. The van der Waals surface area contributed by atoms with Crippen LogP contribution in [0.4, 0.5) is 0 Å². The van der Waals surface area contributed by atoms with Gasteiger partial charge in [-0.2, -0.15) is 0 Å². The van der Waals surface area contributed by atoms with Crippen LogP contribution in [0.5, 0.6) is 0 Å². The summed E-state index contributed by atoms with van der Waals surface area (Å²) in [4.78, 5) is 28.7. The fourth-order valence-electron chi connectivity index (χ4n) is 3.71. The lowest BCUT2D eigenvalue weighted by Gasteiger charge is -2.20. The van der Waals surface area contributed by atoms with Crippen LogP contribution in [-0.2, 0) is 11.2 Å². The molecule has 2 aromatic carbocycles. The molecule has 5 nitrogen and oxygen atoms in total. The van der Waals surface area contributed by atoms with Crippen molar-refractivity contribution in [2.75, 3.05) is 13.2 Å². The highest BCUT2D eigenvalue weighted by Gasteiger charge is 2.30. The summed E-state index contributed by atoms with van der Waals surface area (Å²) in [5, 5.41) is 4.22. The molecule has 0 aliphatic carbocycles. The molecule has 1 saturated heterocycles. The van der Waals surface area contributed by atoms with Gasteiger partial charge in [0, 0.05) is 28.6 Å². The third-order valence-corrected chi connectivity index (χ3v) is 5.27. The van der Waals surface area contributed by atoms with Gasteiger partial charge in [0.05, 0.1) is 24.8 Å². The van der Waals surface area contributed by atoms with Crippen LogP contribution >= 0.6 is 0 Å². The number of ether oxygens (including phenoxy) is 1. The standard InChI is InChI=1S/C23H22N2O3/c1-15(26)16-5-4-6-18(11-16)23(27)25-22-14-28-13-19(22)12-17-9-10-24-21-8-3-2-7-20(17)21/h2-11,19,22H,12-14H2,1H3,(H,25,27)/t19-,22+/m1/s1. The molecule has 2 atom stereocenters. The first kappa shape index (κ1) is 18.3. The van der Waals surface area contributed by atoms with Gasteiger partial charge in [-0.1, -0.05) is 30.3 Å². The number of benzene rings is 2. The van der Waals surface area contributed by atoms with Crippen LogP contribution in [0.3, 0.4) is 0 Å². The molecule has 1 aromatic heterocycles. The Kier molecular flexibility index (Phi) is 5.17. The molecule has 1 aliphatic heterocycles. The number of amides is 1. The maximum Gasteiger partial charge on any atom is 0.251 e. The van der Waals surface area contributed by atoms with E-state index in [1.165, 1.54) is 12.5 Å². The van der Waals surface area contributed by atoms with Crippen LogP contribution < -0.4 is 5.32 Å². The highest BCUT2D eigenvalue weighted by atomic mass is 16.5. The van der Waals surface area contributed by atoms with Crippen molar-refractivity contribution in [3.63, 3.8) is 0 Å². The van der Waals surface area contributed by atoms with Gasteiger partial charge in [-0.15, -0.1) is 0 Å². The minimum Gasteiger partial charge on any atom is -0.379 e. The van der Waals surface area contributed by atoms with Crippen molar-refractivity contribution < 1.29 is 14.3 Å². The second kappa shape index (κ2) is 7.90. The van der Waals surface area contributed by atoms with Crippen molar-refractivity contribution in [1.82, 2.24) is 10.3 Å². The molecule has 0 spiro atoms. The number of rotatable bonds is 5. The van der Waals surface area contributed by atoms with E-state index in [9.17, 15) is 9.59 Å². The second-order valence-corrected chi connectivity index (χ2v) is 7.21. The zero-order valence-corrected chi connectivity index (χ0v) is 15.7. The minimum absolute atomic E-state index is 0.0544. The van der Waals surface area contributed by atoms with Gasteiger partial charge in [0.15, 0.2) is 5.78 Å². The first-order chi connectivity index (χ1) is 13.6. The number of nitrogens with one attached hydrogen (secondary N) is 1. The Morgan fingerprint density at radius 1 is 1.07 bits per heavy atom. The summed E-state index contributed by atoms with van der Waals surface area (Å²) in [6, 6.07) is 16.9. The molecule has 0 bridgehead atoms. The van der Waals surface area contributed by atoms with Crippen molar-refractivity contribution in [3.8, 4) is 0 Å². The summed E-state index contributed by atoms with van der Waals surface area (Å²) in [7, 11) is 0. The molecule has 1 aliphatic rings. The smallest absolute Gasteiger partial charge is 0.251 e. The molecule has 2 heterocycles.